The van der Waals surface area contributed by atoms with E-state index in [1.165, 1.54) is 48.0 Å². The number of rotatable bonds is 1. The maximum absolute atomic E-state index is 6.17. The van der Waals surface area contributed by atoms with Gasteiger partial charge in [-0.1, -0.05) is 48.4 Å². The number of fused-ring (bicyclic) bond motifs is 7. The Morgan fingerprint density at radius 2 is 1.78 bits per heavy atom. The fourth-order valence-corrected chi connectivity index (χ4v) is 5.93. The van der Waals surface area contributed by atoms with Gasteiger partial charge in [0.25, 0.3) is 0 Å². The Bertz CT molecular complexity index is 993. The van der Waals surface area contributed by atoms with Crippen LogP contribution in [-0.4, -0.2) is 33.9 Å². The van der Waals surface area contributed by atoms with Crippen molar-refractivity contribution in [1.82, 2.24) is 14.8 Å². The third kappa shape index (κ3) is 2.35. The van der Waals surface area contributed by atoms with E-state index in [4.69, 9.17) is 11.6 Å². The van der Waals surface area contributed by atoms with Crippen LogP contribution in [0.1, 0.15) is 48.3 Å². The van der Waals surface area contributed by atoms with Crippen molar-refractivity contribution < 1.29 is 0 Å². The molecule has 3 aliphatic rings. The lowest BCUT2D eigenvalue weighted by molar-refractivity contribution is 0.0977. The lowest BCUT2D eigenvalue weighted by Gasteiger charge is -2.35. The highest BCUT2D eigenvalue weighted by atomic mass is 35.5. The highest BCUT2D eigenvalue weighted by Gasteiger charge is 2.51. The number of aromatic amines is 1. The summed E-state index contributed by atoms with van der Waals surface area (Å²) >= 11 is 6.17. The topological polar surface area (TPSA) is 22.3 Å². The first-order valence-corrected chi connectivity index (χ1v) is 10.6. The van der Waals surface area contributed by atoms with Crippen LogP contribution in [0.3, 0.4) is 0 Å². The zero-order valence-electron chi connectivity index (χ0n) is 15.4. The summed E-state index contributed by atoms with van der Waals surface area (Å²) in [4.78, 5) is 9.32. The van der Waals surface area contributed by atoms with E-state index in [1.54, 1.807) is 5.56 Å². The van der Waals surface area contributed by atoms with Crippen LogP contribution < -0.4 is 0 Å². The summed E-state index contributed by atoms with van der Waals surface area (Å²) in [6.07, 6.45) is 5.44. The predicted molar refractivity (Wildman–Crippen MR) is 110 cm³/mol. The first-order valence-electron chi connectivity index (χ1n) is 10.2. The molecule has 2 saturated heterocycles. The number of hydrogen-bond donors (Lipinski definition) is 1. The zero-order chi connectivity index (χ0) is 18.0. The molecule has 4 heterocycles. The van der Waals surface area contributed by atoms with Crippen molar-refractivity contribution in [2.45, 2.75) is 43.9 Å². The molecule has 0 amide bonds. The number of benzene rings is 2. The van der Waals surface area contributed by atoms with Gasteiger partial charge in [0.15, 0.2) is 0 Å². The lowest BCUT2D eigenvalue weighted by atomic mass is 9.90. The van der Waals surface area contributed by atoms with E-state index in [0.29, 0.717) is 18.2 Å². The summed E-state index contributed by atoms with van der Waals surface area (Å²) < 4.78 is 0. The molecule has 2 fully saturated rings. The molecule has 1 N–H and O–H groups in total. The summed E-state index contributed by atoms with van der Waals surface area (Å²) in [5.74, 6) is 0. The third-order valence-electron chi connectivity index (χ3n) is 6.87. The molecule has 4 heteroatoms. The highest BCUT2D eigenvalue weighted by Crippen LogP contribution is 2.51. The van der Waals surface area contributed by atoms with Gasteiger partial charge in [-0.05, 0) is 48.6 Å². The van der Waals surface area contributed by atoms with Crippen LogP contribution in [0.5, 0.6) is 0 Å². The second kappa shape index (κ2) is 6.10. The molecule has 0 saturated carbocycles. The average Bonchev–Trinajstić information content (AvgIpc) is 3.24. The lowest BCUT2D eigenvalue weighted by Crippen LogP contribution is -2.38. The Hall–Kier alpha value is -1.81. The quantitative estimate of drug-likeness (QED) is 0.622. The molecule has 3 aromatic rings. The minimum Gasteiger partial charge on any atom is -0.357 e. The first kappa shape index (κ1) is 16.2. The number of piperidine rings is 1. The molecule has 3 nitrogen and oxygen atoms in total. The van der Waals surface area contributed by atoms with Crippen molar-refractivity contribution in [2.75, 3.05) is 13.1 Å². The maximum atomic E-state index is 6.17. The third-order valence-corrected chi connectivity index (χ3v) is 7.12. The van der Waals surface area contributed by atoms with Gasteiger partial charge in [-0.15, -0.1) is 0 Å². The monoisotopic (exact) mass is 377 g/mol. The van der Waals surface area contributed by atoms with Gasteiger partial charge in [0, 0.05) is 40.8 Å². The second-order valence-electron chi connectivity index (χ2n) is 8.22. The molecular formula is C23H24ClN3. The molecule has 0 unspecified atom stereocenters. The second-order valence-corrected chi connectivity index (χ2v) is 8.66. The number of hydrogen-bond acceptors (Lipinski definition) is 2. The number of nitrogens with one attached hydrogen (secondary N) is 1. The molecule has 27 heavy (non-hydrogen) atoms. The molecule has 0 aliphatic carbocycles. The summed E-state index contributed by atoms with van der Waals surface area (Å²) in [5, 5.41) is 2.24. The minimum absolute atomic E-state index is 0.372. The van der Waals surface area contributed by atoms with Crippen LogP contribution in [-0.2, 0) is 6.42 Å². The number of para-hydroxylation sites is 1. The van der Waals surface area contributed by atoms with Gasteiger partial charge < -0.3 is 4.98 Å². The minimum atomic E-state index is 0.372. The molecule has 3 atom stereocenters. The average molecular weight is 378 g/mol. The summed E-state index contributed by atoms with van der Waals surface area (Å²) in [6, 6.07) is 18.4. The largest absolute Gasteiger partial charge is 0.357 e. The molecule has 3 aliphatic heterocycles. The molecule has 0 bridgehead atoms. The predicted octanol–water partition coefficient (Wildman–Crippen LogP) is 5.29. The van der Waals surface area contributed by atoms with Crippen molar-refractivity contribution in [2.24, 2.45) is 0 Å². The van der Waals surface area contributed by atoms with E-state index in [0.717, 1.165) is 18.0 Å². The van der Waals surface area contributed by atoms with Crippen molar-refractivity contribution in [1.29, 1.82) is 0 Å². The van der Waals surface area contributed by atoms with E-state index in [1.807, 2.05) is 12.1 Å². The number of aromatic nitrogens is 1. The molecule has 0 radical (unpaired) electrons. The van der Waals surface area contributed by atoms with Crippen LogP contribution in [0.15, 0.2) is 48.5 Å². The van der Waals surface area contributed by atoms with Crippen molar-refractivity contribution in [3.8, 4) is 0 Å². The van der Waals surface area contributed by atoms with Gasteiger partial charge in [0.05, 0.1) is 12.2 Å². The Morgan fingerprint density at radius 1 is 0.926 bits per heavy atom. The zero-order valence-corrected chi connectivity index (χ0v) is 16.1. The van der Waals surface area contributed by atoms with E-state index in [-0.39, 0.29) is 0 Å². The van der Waals surface area contributed by atoms with Crippen LogP contribution in [0, 0.1) is 0 Å². The van der Waals surface area contributed by atoms with Gasteiger partial charge in [-0.2, -0.15) is 0 Å². The normalized spacial score (nSPS) is 28.1. The SMILES string of the molecule is Clc1ccc([C@H]2N3CCCC[C@H]3[C@@H]3c4[nH]c5ccccc5c4CCN23)cc1. The van der Waals surface area contributed by atoms with Crippen LogP contribution >= 0.6 is 11.6 Å². The van der Waals surface area contributed by atoms with Crippen LogP contribution in [0.25, 0.3) is 10.9 Å². The molecular weight excluding hydrogens is 354 g/mol. The maximum Gasteiger partial charge on any atom is 0.0895 e. The van der Waals surface area contributed by atoms with Gasteiger partial charge in [-0.3, -0.25) is 9.80 Å². The van der Waals surface area contributed by atoms with E-state index in [9.17, 15) is 0 Å². The Kier molecular flexibility index (Phi) is 3.65. The highest BCUT2D eigenvalue weighted by molar-refractivity contribution is 6.30. The van der Waals surface area contributed by atoms with Gasteiger partial charge in [0.2, 0.25) is 0 Å². The van der Waals surface area contributed by atoms with Crippen molar-refractivity contribution in [3.63, 3.8) is 0 Å². The molecule has 0 spiro atoms. The first-order chi connectivity index (χ1) is 13.3. The molecule has 6 rings (SSSR count). The van der Waals surface area contributed by atoms with Gasteiger partial charge in [-0.25, -0.2) is 0 Å². The summed E-state index contributed by atoms with van der Waals surface area (Å²) in [6.45, 7) is 2.32. The number of H-pyrrole nitrogens is 1. The smallest absolute Gasteiger partial charge is 0.0895 e. The molecule has 2 aromatic carbocycles. The number of nitrogens with zero attached hydrogens (tertiary/aromatic N) is 2. The van der Waals surface area contributed by atoms with E-state index >= 15 is 0 Å². The number of halogens is 1. The Labute approximate surface area is 164 Å². The molecule has 138 valence electrons. The van der Waals surface area contributed by atoms with E-state index < -0.39 is 0 Å². The fourth-order valence-electron chi connectivity index (χ4n) is 5.81. The van der Waals surface area contributed by atoms with Crippen molar-refractivity contribution in [3.05, 3.63) is 70.4 Å². The Balaban J connectivity index is 1.49. The summed E-state index contributed by atoms with van der Waals surface area (Å²) in [5.41, 5.74) is 5.69. The van der Waals surface area contributed by atoms with Gasteiger partial charge >= 0.3 is 0 Å². The standard InChI is InChI=1S/C23H24ClN3/c24-16-10-8-15(9-11-16)23-26-13-4-3-7-20(26)22-21-18(12-14-27(22)23)17-5-1-2-6-19(17)25-21/h1-2,5-6,8-11,20,22-23,25H,3-4,7,12-14H2/t20-,22+,23-/m0/s1. The van der Waals surface area contributed by atoms with E-state index in [2.05, 4.69) is 51.2 Å². The van der Waals surface area contributed by atoms with Crippen LogP contribution in [0.4, 0.5) is 0 Å². The van der Waals surface area contributed by atoms with Gasteiger partial charge in [0.1, 0.15) is 0 Å². The Morgan fingerprint density at radius 3 is 2.67 bits per heavy atom. The van der Waals surface area contributed by atoms with Crippen LogP contribution in [0.2, 0.25) is 5.02 Å². The van der Waals surface area contributed by atoms with Crippen molar-refractivity contribution >= 4 is 22.5 Å². The fraction of sp³-hybridized carbons (Fsp3) is 0.391. The summed E-state index contributed by atoms with van der Waals surface area (Å²) in [7, 11) is 0. The molecule has 1 aromatic heterocycles.